The number of halogens is 3. The summed E-state index contributed by atoms with van der Waals surface area (Å²) in [7, 11) is 1.08. The Morgan fingerprint density at radius 1 is 0.865 bits per heavy atom. The van der Waals surface area contributed by atoms with E-state index >= 15 is 0 Å². The van der Waals surface area contributed by atoms with Gasteiger partial charge in [-0.15, -0.1) is 16.7 Å². The molecule has 6 rings (SSSR count). The van der Waals surface area contributed by atoms with Crippen LogP contribution in [0.25, 0.3) is 28.3 Å². The molecule has 2 aliphatic carbocycles. The van der Waals surface area contributed by atoms with Gasteiger partial charge in [-0.2, -0.15) is 18.2 Å². The van der Waals surface area contributed by atoms with Crippen LogP contribution < -0.4 is 24.8 Å². The van der Waals surface area contributed by atoms with E-state index in [1.54, 1.807) is 0 Å². The molecule has 0 aromatic heterocycles. The maximum Gasteiger partial charge on any atom is 3.00 e. The fraction of sp³-hybridized carbons (Fsp3) is 0.188. The summed E-state index contributed by atoms with van der Waals surface area (Å²) in [5, 5.41) is 0. The molecule has 185 valence electrons. The average Bonchev–Trinajstić information content (AvgIpc) is 3.43. The second-order valence-electron chi connectivity index (χ2n) is 8.94. The summed E-state index contributed by atoms with van der Waals surface area (Å²) in [6, 6.07) is 32.3. The van der Waals surface area contributed by atoms with Crippen molar-refractivity contribution in [3.8, 4) is 22.3 Å². The number of hydrogen-bond donors (Lipinski definition) is 0. The second kappa shape index (κ2) is 14.2. The zero-order valence-corrected chi connectivity index (χ0v) is 27.8. The molecule has 0 bridgehead atoms. The van der Waals surface area contributed by atoms with Crippen LogP contribution in [0.15, 0.2) is 88.9 Å². The SMILES string of the molecule is CCC1=Cc2c(-c3ccc(Br)cc3)cccc2C1c1[c-]ccc2c1Cc1ccccc1-2.C[Si]C.[Cl-].[Cl-].[Zr+3]. The smallest absolute Gasteiger partial charge is 1.00 e. The zero-order valence-electron chi connectivity index (χ0n) is 21.2. The molecule has 0 saturated heterocycles. The van der Waals surface area contributed by atoms with Crippen LogP contribution in [0.3, 0.4) is 0 Å². The monoisotopic (exact) mass is 679 g/mol. The van der Waals surface area contributed by atoms with Gasteiger partial charge in [-0.1, -0.05) is 102 Å². The van der Waals surface area contributed by atoms with Crippen molar-refractivity contribution in [2.24, 2.45) is 0 Å². The molecule has 1 unspecified atom stereocenters. The van der Waals surface area contributed by atoms with Gasteiger partial charge in [0.05, 0.1) is 0 Å². The predicted octanol–water partition coefficient (Wildman–Crippen LogP) is 3.22. The summed E-state index contributed by atoms with van der Waals surface area (Å²) < 4.78 is 1.11. The number of benzene rings is 4. The van der Waals surface area contributed by atoms with Gasteiger partial charge in [0.25, 0.3) is 0 Å². The van der Waals surface area contributed by atoms with Crippen molar-refractivity contribution in [3.63, 3.8) is 0 Å². The van der Waals surface area contributed by atoms with Gasteiger partial charge in [-0.25, -0.2) is 0 Å². The summed E-state index contributed by atoms with van der Waals surface area (Å²) in [4.78, 5) is 0. The molecule has 0 nitrogen and oxygen atoms in total. The topological polar surface area (TPSA) is 0 Å². The normalized spacial score (nSPS) is 13.8. The van der Waals surface area contributed by atoms with E-state index in [4.69, 9.17) is 0 Å². The molecule has 0 aliphatic heterocycles. The van der Waals surface area contributed by atoms with E-state index in [-0.39, 0.29) is 51.0 Å². The van der Waals surface area contributed by atoms with Crippen LogP contribution in [0.1, 0.15) is 47.1 Å². The molecular weight excluding hydrogens is 654 g/mol. The van der Waals surface area contributed by atoms with Crippen molar-refractivity contribution in [2.45, 2.75) is 38.8 Å². The Labute approximate surface area is 264 Å². The van der Waals surface area contributed by atoms with Crippen LogP contribution in [0.2, 0.25) is 13.1 Å². The predicted molar refractivity (Wildman–Crippen MR) is 151 cm³/mol. The molecule has 1 atom stereocenters. The minimum absolute atomic E-state index is 0. The van der Waals surface area contributed by atoms with Gasteiger partial charge in [-0.05, 0) is 58.4 Å². The molecule has 37 heavy (non-hydrogen) atoms. The first kappa shape index (κ1) is 32.0. The Balaban J connectivity index is 0.000000767. The van der Waals surface area contributed by atoms with Gasteiger partial charge >= 0.3 is 26.2 Å². The van der Waals surface area contributed by atoms with Crippen LogP contribution in [0, 0.1) is 6.07 Å². The molecule has 5 heteroatoms. The summed E-state index contributed by atoms with van der Waals surface area (Å²) in [5.41, 5.74) is 13.9. The van der Waals surface area contributed by atoms with Crippen molar-refractivity contribution >= 4 is 31.5 Å². The minimum Gasteiger partial charge on any atom is -1.00 e. The molecule has 0 heterocycles. The Hall–Kier alpha value is -1.22. The largest absolute Gasteiger partial charge is 3.00 e. The maximum absolute atomic E-state index is 3.67. The average molecular weight is 683 g/mol. The van der Waals surface area contributed by atoms with Gasteiger partial charge in [0.2, 0.25) is 0 Å². The summed E-state index contributed by atoms with van der Waals surface area (Å²) in [5.74, 6) is 0.291. The third-order valence-corrected chi connectivity index (χ3v) is 7.35. The first-order chi connectivity index (χ1) is 16.7. The molecule has 2 aliphatic rings. The third kappa shape index (κ3) is 6.18. The van der Waals surface area contributed by atoms with E-state index < -0.39 is 0 Å². The Kier molecular flexibility index (Phi) is 12.3. The minimum atomic E-state index is 0. The van der Waals surface area contributed by atoms with Crippen LogP contribution in [-0.2, 0) is 32.6 Å². The number of fused-ring (bicyclic) bond motifs is 4. The van der Waals surface area contributed by atoms with Gasteiger partial charge < -0.3 is 24.8 Å². The first-order valence-corrected chi connectivity index (χ1v) is 14.7. The number of rotatable bonds is 3. The van der Waals surface area contributed by atoms with E-state index in [0.29, 0.717) is 5.92 Å². The number of hydrogen-bond acceptors (Lipinski definition) is 0. The molecule has 0 saturated carbocycles. The summed E-state index contributed by atoms with van der Waals surface area (Å²) >= 11 is 3.57. The maximum atomic E-state index is 3.67. The van der Waals surface area contributed by atoms with Gasteiger partial charge in [0, 0.05) is 19.9 Å². The molecule has 3 radical (unpaired) electrons. The zero-order chi connectivity index (χ0) is 23.7. The van der Waals surface area contributed by atoms with Gasteiger partial charge in [0.1, 0.15) is 0 Å². The van der Waals surface area contributed by atoms with Gasteiger partial charge in [0.15, 0.2) is 0 Å². The molecular formula is C32H28BrCl2SiZr. The third-order valence-electron chi connectivity index (χ3n) is 6.82. The standard InChI is InChI=1S/C30H22Br.C2H6Si.2ClH.Zr/c1-2-19-17-28-23(20-13-15-22(31)16-14-20)9-5-11-26(28)30(19)27-12-6-10-25-24-8-4-3-7-21(24)18-29(25)27;1-3-2;;;/h3-11,13-17,30H,2,18H2,1H3;1-2H3;2*1H;/q-1;;;;+3/p-2. The fourth-order valence-electron chi connectivity index (χ4n) is 5.37. The van der Waals surface area contributed by atoms with E-state index in [9.17, 15) is 0 Å². The quantitative estimate of drug-likeness (QED) is 0.203. The molecule has 4 aromatic rings. The molecule has 0 spiro atoms. The van der Waals surface area contributed by atoms with Crippen LogP contribution in [0.4, 0.5) is 0 Å². The first-order valence-electron chi connectivity index (χ1n) is 12.0. The Morgan fingerprint density at radius 3 is 2.24 bits per heavy atom. The van der Waals surface area contributed by atoms with Crippen molar-refractivity contribution in [3.05, 3.63) is 123 Å². The Morgan fingerprint density at radius 2 is 1.54 bits per heavy atom. The number of allylic oxidation sites excluding steroid dienone is 1. The summed E-state index contributed by atoms with van der Waals surface area (Å²) in [6.45, 7) is 6.59. The van der Waals surface area contributed by atoms with Crippen LogP contribution >= 0.6 is 15.9 Å². The van der Waals surface area contributed by atoms with E-state index in [2.05, 4.69) is 127 Å². The van der Waals surface area contributed by atoms with E-state index in [0.717, 1.165) is 26.8 Å². The van der Waals surface area contributed by atoms with Crippen LogP contribution in [0.5, 0.6) is 0 Å². The molecule has 0 fully saturated rings. The second-order valence-corrected chi connectivity index (χ2v) is 10.9. The molecule has 4 aromatic carbocycles. The van der Waals surface area contributed by atoms with Crippen molar-refractivity contribution in [2.75, 3.05) is 0 Å². The van der Waals surface area contributed by atoms with E-state index in [1.807, 2.05) is 0 Å². The van der Waals surface area contributed by atoms with E-state index in [1.165, 1.54) is 55.6 Å². The van der Waals surface area contributed by atoms with Crippen LogP contribution in [-0.4, -0.2) is 9.52 Å². The van der Waals surface area contributed by atoms with Crippen molar-refractivity contribution < 1.29 is 51.0 Å². The van der Waals surface area contributed by atoms with Gasteiger partial charge in [-0.3, -0.25) is 0 Å². The molecule has 0 amide bonds. The van der Waals surface area contributed by atoms with Crippen molar-refractivity contribution in [1.29, 1.82) is 0 Å². The van der Waals surface area contributed by atoms with Crippen molar-refractivity contribution in [1.82, 2.24) is 0 Å². The molecule has 0 N–H and O–H groups in total. The fourth-order valence-corrected chi connectivity index (χ4v) is 5.63. The Bertz CT molecular complexity index is 1380. The summed E-state index contributed by atoms with van der Waals surface area (Å²) in [6.07, 6.45) is 4.49.